The summed E-state index contributed by atoms with van der Waals surface area (Å²) in [6.45, 7) is 13.8. The molecule has 28 heavy (non-hydrogen) atoms. The van der Waals surface area contributed by atoms with Crippen LogP contribution in [0.4, 0.5) is 5.69 Å². The van der Waals surface area contributed by atoms with Crippen LogP contribution in [0, 0.1) is 5.41 Å². The second kappa shape index (κ2) is 8.55. The lowest BCUT2D eigenvalue weighted by molar-refractivity contribution is 0.478. The Morgan fingerprint density at radius 3 is 1.93 bits per heavy atom. The van der Waals surface area contributed by atoms with Gasteiger partial charge in [-0.05, 0) is 80.2 Å². The lowest BCUT2D eigenvalue weighted by atomic mass is 9.81. The molecule has 150 valence electrons. The third kappa shape index (κ3) is 4.69. The minimum Gasteiger partial charge on any atom is -0.318 e. The summed E-state index contributed by atoms with van der Waals surface area (Å²) in [6.07, 6.45) is 15.1. The summed E-state index contributed by atoms with van der Waals surface area (Å²) < 4.78 is 0. The average Bonchev–Trinajstić information content (AvgIpc) is 2.69. The van der Waals surface area contributed by atoms with Crippen molar-refractivity contribution in [3.05, 3.63) is 76.7 Å². The van der Waals surface area contributed by atoms with Crippen LogP contribution in [0.2, 0.25) is 0 Å². The number of benzene rings is 1. The van der Waals surface area contributed by atoms with Crippen molar-refractivity contribution in [3.8, 4) is 0 Å². The van der Waals surface area contributed by atoms with Crippen molar-refractivity contribution in [2.24, 2.45) is 5.41 Å². The van der Waals surface area contributed by atoms with Crippen LogP contribution in [0.3, 0.4) is 0 Å². The number of nitrogens with zero attached hydrogens (tertiary/aromatic N) is 1. The Labute approximate surface area is 172 Å². The molecule has 0 saturated heterocycles. The molecule has 0 fully saturated rings. The van der Waals surface area contributed by atoms with Gasteiger partial charge < -0.3 is 4.90 Å². The second-order valence-corrected chi connectivity index (χ2v) is 9.51. The molecule has 3 rings (SSSR count). The van der Waals surface area contributed by atoms with Gasteiger partial charge in [0.25, 0.3) is 0 Å². The summed E-state index contributed by atoms with van der Waals surface area (Å²) in [4.78, 5) is 2.51. The molecule has 0 radical (unpaired) electrons. The molecular weight excluding hydrogens is 338 g/mol. The maximum Gasteiger partial charge on any atom is 0.0455 e. The van der Waals surface area contributed by atoms with E-state index in [1.165, 1.54) is 34.6 Å². The number of allylic oxidation sites excluding steroid dienone is 8. The molecule has 1 unspecified atom stereocenters. The van der Waals surface area contributed by atoms with E-state index in [1.54, 1.807) is 5.57 Å². The van der Waals surface area contributed by atoms with Crippen molar-refractivity contribution in [3.63, 3.8) is 0 Å². The third-order valence-corrected chi connectivity index (χ3v) is 6.33. The highest BCUT2D eigenvalue weighted by molar-refractivity contribution is 5.61. The van der Waals surface area contributed by atoms with Crippen LogP contribution in [-0.2, 0) is 0 Å². The Bertz CT molecular complexity index is 809. The highest BCUT2D eigenvalue weighted by atomic mass is 15.2. The molecule has 0 heterocycles. The zero-order valence-electron chi connectivity index (χ0n) is 18.7. The summed E-state index contributed by atoms with van der Waals surface area (Å²) >= 11 is 0. The van der Waals surface area contributed by atoms with Crippen molar-refractivity contribution in [1.82, 2.24) is 0 Å². The number of hydrogen-bond acceptors (Lipinski definition) is 1. The monoisotopic (exact) mass is 375 g/mol. The first kappa shape index (κ1) is 20.7. The Morgan fingerprint density at radius 2 is 1.46 bits per heavy atom. The maximum atomic E-state index is 2.51. The Balaban J connectivity index is 1.97. The van der Waals surface area contributed by atoms with E-state index in [1.807, 2.05) is 0 Å². The third-order valence-electron chi connectivity index (χ3n) is 6.33. The van der Waals surface area contributed by atoms with Gasteiger partial charge in [-0.2, -0.15) is 0 Å². The van der Waals surface area contributed by atoms with Gasteiger partial charge in [-0.25, -0.2) is 0 Å². The SMILES string of the molecule is CCC(C)c1ccc(N(C2=CC=C(C)CC2)C2=CC=C(C(C)(C)C)CC2)cc1. The van der Waals surface area contributed by atoms with E-state index < -0.39 is 0 Å². The first-order valence-electron chi connectivity index (χ1n) is 11.0. The average molecular weight is 376 g/mol. The van der Waals surface area contributed by atoms with E-state index in [9.17, 15) is 0 Å². The zero-order chi connectivity index (χ0) is 20.3. The van der Waals surface area contributed by atoms with Gasteiger partial charge in [-0.1, -0.05) is 70.0 Å². The molecule has 1 nitrogen and oxygen atoms in total. The summed E-state index contributed by atoms with van der Waals surface area (Å²) in [5, 5.41) is 0. The van der Waals surface area contributed by atoms with Crippen LogP contribution in [0.5, 0.6) is 0 Å². The summed E-state index contributed by atoms with van der Waals surface area (Å²) in [7, 11) is 0. The molecule has 2 aliphatic rings. The van der Waals surface area contributed by atoms with Gasteiger partial charge in [0.05, 0.1) is 0 Å². The Hall–Kier alpha value is -2.02. The second-order valence-electron chi connectivity index (χ2n) is 9.51. The van der Waals surface area contributed by atoms with E-state index >= 15 is 0 Å². The van der Waals surface area contributed by atoms with Crippen molar-refractivity contribution in [2.45, 2.75) is 79.6 Å². The lowest BCUT2D eigenvalue weighted by Crippen LogP contribution is -2.25. The lowest BCUT2D eigenvalue weighted by Gasteiger charge is -2.34. The first-order valence-corrected chi connectivity index (χ1v) is 11.0. The highest BCUT2D eigenvalue weighted by Gasteiger charge is 2.24. The fraction of sp³-hybridized carbons (Fsp3) is 0.481. The Morgan fingerprint density at radius 1 is 0.857 bits per heavy atom. The van der Waals surface area contributed by atoms with Gasteiger partial charge in [-0.15, -0.1) is 0 Å². The van der Waals surface area contributed by atoms with Crippen molar-refractivity contribution in [1.29, 1.82) is 0 Å². The predicted molar refractivity (Wildman–Crippen MR) is 124 cm³/mol. The summed E-state index contributed by atoms with van der Waals surface area (Å²) in [5.41, 5.74) is 8.86. The first-order chi connectivity index (χ1) is 13.3. The molecule has 1 aromatic rings. The quantitative estimate of drug-likeness (QED) is 0.500. The zero-order valence-corrected chi connectivity index (χ0v) is 18.7. The predicted octanol–water partition coefficient (Wildman–Crippen LogP) is 8.28. The molecular formula is C27H37N. The molecule has 1 atom stereocenters. The topological polar surface area (TPSA) is 3.24 Å². The van der Waals surface area contributed by atoms with Crippen molar-refractivity contribution >= 4 is 5.69 Å². The van der Waals surface area contributed by atoms with Crippen LogP contribution in [0.1, 0.15) is 85.1 Å². The van der Waals surface area contributed by atoms with Crippen molar-refractivity contribution < 1.29 is 0 Å². The van der Waals surface area contributed by atoms with E-state index in [0.29, 0.717) is 5.92 Å². The number of hydrogen-bond donors (Lipinski definition) is 0. The molecule has 0 spiro atoms. The van der Waals surface area contributed by atoms with Crippen LogP contribution >= 0.6 is 0 Å². The minimum absolute atomic E-state index is 0.259. The van der Waals surface area contributed by atoms with Crippen LogP contribution < -0.4 is 4.90 Å². The van der Waals surface area contributed by atoms with Gasteiger partial charge in [0.15, 0.2) is 0 Å². The maximum absolute atomic E-state index is 2.51. The van der Waals surface area contributed by atoms with Crippen LogP contribution in [0.25, 0.3) is 0 Å². The molecule has 1 aromatic carbocycles. The number of rotatable bonds is 5. The molecule has 0 bridgehead atoms. The summed E-state index contributed by atoms with van der Waals surface area (Å²) in [6, 6.07) is 9.27. The smallest absolute Gasteiger partial charge is 0.0455 e. The van der Waals surface area contributed by atoms with Crippen LogP contribution in [-0.4, -0.2) is 0 Å². The molecule has 0 amide bonds. The molecule has 0 aromatic heterocycles. The van der Waals surface area contributed by atoms with E-state index in [2.05, 4.69) is 95.0 Å². The molecule has 1 heteroatoms. The van der Waals surface area contributed by atoms with Gasteiger partial charge in [0, 0.05) is 17.1 Å². The van der Waals surface area contributed by atoms with Crippen molar-refractivity contribution in [2.75, 3.05) is 4.90 Å². The van der Waals surface area contributed by atoms with Gasteiger partial charge in [-0.3, -0.25) is 0 Å². The van der Waals surface area contributed by atoms with Gasteiger partial charge in [0.1, 0.15) is 0 Å². The fourth-order valence-corrected chi connectivity index (χ4v) is 4.06. The van der Waals surface area contributed by atoms with E-state index in [0.717, 1.165) is 25.7 Å². The van der Waals surface area contributed by atoms with E-state index in [4.69, 9.17) is 0 Å². The van der Waals surface area contributed by atoms with Crippen LogP contribution in [0.15, 0.2) is 71.1 Å². The van der Waals surface area contributed by atoms with Gasteiger partial charge >= 0.3 is 0 Å². The molecule has 0 saturated carbocycles. The minimum atomic E-state index is 0.259. The van der Waals surface area contributed by atoms with E-state index in [-0.39, 0.29) is 5.41 Å². The normalized spacial score (nSPS) is 18.6. The highest BCUT2D eigenvalue weighted by Crippen LogP contribution is 2.38. The fourth-order valence-electron chi connectivity index (χ4n) is 4.06. The number of anilines is 1. The molecule has 2 aliphatic carbocycles. The standard InChI is InChI=1S/C27H37N/c1-7-21(3)22-10-16-25(17-11-22)28(24-14-8-20(2)9-15-24)26-18-12-23(13-19-26)27(4,5)6/h8,10-12,14,16-18,21H,7,9,13,15,19H2,1-6H3. The largest absolute Gasteiger partial charge is 0.318 e. The molecule has 0 N–H and O–H groups in total. The summed E-state index contributed by atoms with van der Waals surface area (Å²) in [5.74, 6) is 0.619. The molecule has 0 aliphatic heterocycles. The Kier molecular flexibility index (Phi) is 6.33. The van der Waals surface area contributed by atoms with Gasteiger partial charge in [0.2, 0.25) is 0 Å².